The van der Waals surface area contributed by atoms with Crippen molar-refractivity contribution in [3.63, 3.8) is 0 Å². The van der Waals surface area contributed by atoms with Gasteiger partial charge in [-0.3, -0.25) is 0 Å². The van der Waals surface area contributed by atoms with Crippen LogP contribution in [0.2, 0.25) is 0 Å². The summed E-state index contributed by atoms with van der Waals surface area (Å²) in [5.74, 6) is 0.608. The largest absolute Gasteiger partial charge is 0.396 e. The van der Waals surface area contributed by atoms with Gasteiger partial charge in [0.25, 0.3) is 0 Å². The maximum Gasteiger partial charge on any atom is 0.0431 e. The topological polar surface area (TPSA) is 20.2 Å². The lowest BCUT2D eigenvalue weighted by Crippen LogP contribution is -1.95. The third kappa shape index (κ3) is 4.22. The Labute approximate surface area is 57.4 Å². The number of aliphatic hydroxyl groups is 1. The SMILES string of the molecule is C=CC(CC)CCCO. The van der Waals surface area contributed by atoms with E-state index in [-0.39, 0.29) is 0 Å². The lowest BCUT2D eigenvalue weighted by atomic mass is 10.0. The fraction of sp³-hybridized carbons (Fsp3) is 0.750. The third-order valence-electron chi connectivity index (χ3n) is 1.59. The number of rotatable bonds is 5. The van der Waals surface area contributed by atoms with Crippen LogP contribution in [0.3, 0.4) is 0 Å². The van der Waals surface area contributed by atoms with E-state index in [1.807, 2.05) is 6.08 Å². The molecule has 0 saturated heterocycles. The Morgan fingerprint density at radius 2 is 2.33 bits per heavy atom. The second-order valence-electron chi connectivity index (χ2n) is 2.27. The van der Waals surface area contributed by atoms with Gasteiger partial charge in [0.2, 0.25) is 0 Å². The molecule has 1 heteroatoms. The fourth-order valence-electron chi connectivity index (χ4n) is 0.842. The molecule has 0 aliphatic rings. The molecule has 1 atom stereocenters. The van der Waals surface area contributed by atoms with Crippen LogP contribution in [-0.2, 0) is 0 Å². The normalized spacial score (nSPS) is 13.1. The highest BCUT2D eigenvalue weighted by molar-refractivity contribution is 4.77. The van der Waals surface area contributed by atoms with Crippen molar-refractivity contribution in [1.29, 1.82) is 0 Å². The van der Waals surface area contributed by atoms with E-state index in [4.69, 9.17) is 5.11 Å². The minimum absolute atomic E-state index is 0.310. The average Bonchev–Trinajstić information content (AvgIpc) is 1.91. The van der Waals surface area contributed by atoms with Crippen molar-refractivity contribution in [3.8, 4) is 0 Å². The maximum atomic E-state index is 8.47. The number of hydrogen-bond acceptors (Lipinski definition) is 1. The van der Waals surface area contributed by atoms with Gasteiger partial charge in [-0.1, -0.05) is 13.0 Å². The zero-order chi connectivity index (χ0) is 7.11. The van der Waals surface area contributed by atoms with Crippen molar-refractivity contribution in [2.45, 2.75) is 26.2 Å². The predicted octanol–water partition coefficient (Wildman–Crippen LogP) is 1.97. The Morgan fingerprint density at radius 1 is 1.67 bits per heavy atom. The van der Waals surface area contributed by atoms with Gasteiger partial charge >= 0.3 is 0 Å². The van der Waals surface area contributed by atoms with E-state index in [2.05, 4.69) is 13.5 Å². The summed E-state index contributed by atoms with van der Waals surface area (Å²) in [6.45, 7) is 6.16. The van der Waals surface area contributed by atoms with Crippen molar-refractivity contribution < 1.29 is 5.11 Å². The molecule has 0 amide bonds. The highest BCUT2D eigenvalue weighted by Crippen LogP contribution is 2.10. The van der Waals surface area contributed by atoms with Gasteiger partial charge in [0.15, 0.2) is 0 Å². The molecule has 0 radical (unpaired) electrons. The van der Waals surface area contributed by atoms with E-state index in [1.54, 1.807) is 0 Å². The minimum atomic E-state index is 0.310. The molecule has 0 heterocycles. The van der Waals surface area contributed by atoms with Gasteiger partial charge < -0.3 is 5.11 Å². The van der Waals surface area contributed by atoms with E-state index in [1.165, 1.54) is 0 Å². The first-order valence-electron chi connectivity index (χ1n) is 3.58. The number of allylic oxidation sites excluding steroid dienone is 1. The summed E-state index contributed by atoms with van der Waals surface area (Å²) in [6, 6.07) is 0. The molecule has 54 valence electrons. The molecule has 0 spiro atoms. The van der Waals surface area contributed by atoms with Crippen LogP contribution in [0.5, 0.6) is 0 Å². The third-order valence-corrected chi connectivity index (χ3v) is 1.59. The van der Waals surface area contributed by atoms with E-state index < -0.39 is 0 Å². The maximum absolute atomic E-state index is 8.47. The van der Waals surface area contributed by atoms with Crippen molar-refractivity contribution in [1.82, 2.24) is 0 Å². The molecule has 0 aromatic rings. The van der Waals surface area contributed by atoms with Crippen LogP contribution in [0, 0.1) is 5.92 Å². The van der Waals surface area contributed by atoms with Crippen molar-refractivity contribution >= 4 is 0 Å². The van der Waals surface area contributed by atoms with Crippen LogP contribution in [0.4, 0.5) is 0 Å². The summed E-state index contributed by atoms with van der Waals surface area (Å²) in [5.41, 5.74) is 0. The molecule has 0 aromatic heterocycles. The summed E-state index contributed by atoms with van der Waals surface area (Å²) < 4.78 is 0. The summed E-state index contributed by atoms with van der Waals surface area (Å²) in [7, 11) is 0. The monoisotopic (exact) mass is 128 g/mol. The number of hydrogen-bond donors (Lipinski definition) is 1. The van der Waals surface area contributed by atoms with E-state index in [0.29, 0.717) is 12.5 Å². The molecule has 0 aromatic carbocycles. The van der Waals surface area contributed by atoms with Crippen LogP contribution in [0.25, 0.3) is 0 Å². The average molecular weight is 128 g/mol. The van der Waals surface area contributed by atoms with E-state index in [9.17, 15) is 0 Å². The van der Waals surface area contributed by atoms with Crippen LogP contribution in [0.1, 0.15) is 26.2 Å². The highest BCUT2D eigenvalue weighted by Gasteiger charge is 1.97. The second-order valence-corrected chi connectivity index (χ2v) is 2.27. The molecule has 0 fully saturated rings. The molecule has 0 bridgehead atoms. The Morgan fingerprint density at radius 3 is 2.67 bits per heavy atom. The summed E-state index contributed by atoms with van der Waals surface area (Å²) >= 11 is 0. The standard InChI is InChI=1S/C8H16O/c1-3-8(4-2)6-5-7-9/h3,8-9H,1,4-7H2,2H3. The Bertz CT molecular complexity index is 69.0. The Hall–Kier alpha value is -0.300. The molecular weight excluding hydrogens is 112 g/mol. The van der Waals surface area contributed by atoms with Gasteiger partial charge in [-0.05, 0) is 25.2 Å². The van der Waals surface area contributed by atoms with Gasteiger partial charge in [-0.25, -0.2) is 0 Å². The molecular formula is C8H16O. The lowest BCUT2D eigenvalue weighted by molar-refractivity contribution is 0.276. The summed E-state index contributed by atoms with van der Waals surface area (Å²) in [5, 5.41) is 8.47. The molecule has 0 saturated carbocycles. The van der Waals surface area contributed by atoms with Gasteiger partial charge in [0.1, 0.15) is 0 Å². The van der Waals surface area contributed by atoms with Crippen LogP contribution < -0.4 is 0 Å². The molecule has 0 aliphatic heterocycles. The molecule has 0 aliphatic carbocycles. The first-order valence-corrected chi connectivity index (χ1v) is 3.58. The Kier molecular flexibility index (Phi) is 5.64. The summed E-state index contributed by atoms with van der Waals surface area (Å²) in [4.78, 5) is 0. The first-order chi connectivity index (χ1) is 4.35. The quantitative estimate of drug-likeness (QED) is 0.561. The lowest BCUT2D eigenvalue weighted by Gasteiger charge is -2.06. The second kappa shape index (κ2) is 5.83. The van der Waals surface area contributed by atoms with Crippen LogP contribution in [-0.4, -0.2) is 11.7 Å². The molecule has 1 N–H and O–H groups in total. The van der Waals surface area contributed by atoms with Crippen LogP contribution in [0.15, 0.2) is 12.7 Å². The highest BCUT2D eigenvalue weighted by atomic mass is 16.2. The van der Waals surface area contributed by atoms with Crippen molar-refractivity contribution in [3.05, 3.63) is 12.7 Å². The van der Waals surface area contributed by atoms with Crippen molar-refractivity contribution in [2.75, 3.05) is 6.61 Å². The Balaban J connectivity index is 3.20. The molecule has 1 unspecified atom stereocenters. The predicted molar refractivity (Wildman–Crippen MR) is 40.3 cm³/mol. The van der Waals surface area contributed by atoms with Crippen molar-refractivity contribution in [2.24, 2.45) is 5.92 Å². The molecule has 0 rings (SSSR count). The zero-order valence-corrected chi connectivity index (χ0v) is 6.14. The zero-order valence-electron chi connectivity index (χ0n) is 6.14. The fourth-order valence-corrected chi connectivity index (χ4v) is 0.842. The molecule has 9 heavy (non-hydrogen) atoms. The van der Waals surface area contributed by atoms with E-state index in [0.717, 1.165) is 19.3 Å². The molecule has 1 nitrogen and oxygen atoms in total. The summed E-state index contributed by atoms with van der Waals surface area (Å²) in [6.07, 6.45) is 5.10. The smallest absolute Gasteiger partial charge is 0.0431 e. The van der Waals surface area contributed by atoms with Gasteiger partial charge in [-0.2, -0.15) is 0 Å². The number of aliphatic hydroxyl groups excluding tert-OH is 1. The van der Waals surface area contributed by atoms with Gasteiger partial charge in [0, 0.05) is 6.61 Å². The minimum Gasteiger partial charge on any atom is -0.396 e. The first kappa shape index (κ1) is 8.70. The van der Waals surface area contributed by atoms with Gasteiger partial charge in [-0.15, -0.1) is 6.58 Å². The van der Waals surface area contributed by atoms with Crippen LogP contribution >= 0.6 is 0 Å². The van der Waals surface area contributed by atoms with E-state index >= 15 is 0 Å². The van der Waals surface area contributed by atoms with Gasteiger partial charge in [0.05, 0.1) is 0 Å².